The first-order valence-electron chi connectivity index (χ1n) is 15.4. The average molecular weight is 642 g/mol. The van der Waals surface area contributed by atoms with E-state index in [0.717, 1.165) is 13.1 Å². The molecule has 11 nitrogen and oxygen atoms in total. The summed E-state index contributed by atoms with van der Waals surface area (Å²) in [6, 6.07) is 17.2. The Balaban J connectivity index is 1.15. The van der Waals surface area contributed by atoms with Crippen molar-refractivity contribution in [3.8, 4) is 23.0 Å². The number of piperazine rings is 1. The van der Waals surface area contributed by atoms with Crippen molar-refractivity contribution < 1.29 is 33.0 Å². The Morgan fingerprint density at radius 2 is 1.45 bits per heavy atom. The fraction of sp³-hybridized carbons (Fsp3) is 0.314. The van der Waals surface area contributed by atoms with E-state index in [1.165, 1.54) is 31.4 Å². The van der Waals surface area contributed by atoms with Gasteiger partial charge in [0.25, 0.3) is 0 Å². The number of hydrogen-bond acceptors (Lipinski definition) is 8. The van der Waals surface area contributed by atoms with Gasteiger partial charge in [-0.2, -0.15) is 0 Å². The molecule has 2 fully saturated rings. The van der Waals surface area contributed by atoms with Crippen LogP contribution in [0.2, 0.25) is 0 Å². The smallest absolute Gasteiger partial charge is 0.415 e. The van der Waals surface area contributed by atoms with Crippen LogP contribution in [-0.2, 0) is 9.59 Å². The summed E-state index contributed by atoms with van der Waals surface area (Å²) >= 11 is 0. The van der Waals surface area contributed by atoms with Gasteiger partial charge in [-0.3, -0.25) is 19.5 Å². The summed E-state index contributed by atoms with van der Waals surface area (Å²) in [4.78, 5) is 47.7. The minimum Gasteiger partial charge on any atom is -0.493 e. The maximum atomic E-state index is 13.3. The second-order valence-corrected chi connectivity index (χ2v) is 12.1. The lowest BCUT2D eigenvalue weighted by Crippen LogP contribution is -2.58. The third-order valence-electron chi connectivity index (χ3n) is 8.56. The van der Waals surface area contributed by atoms with Crippen molar-refractivity contribution in [3.05, 3.63) is 78.7 Å². The van der Waals surface area contributed by atoms with Gasteiger partial charge in [0.2, 0.25) is 11.8 Å². The number of amides is 3. The third-order valence-corrected chi connectivity index (χ3v) is 8.56. The quantitative estimate of drug-likeness (QED) is 0.223. The van der Waals surface area contributed by atoms with Crippen LogP contribution in [0.1, 0.15) is 26.7 Å². The number of carbonyl (C=O) groups excluding carboxylic acids is 3. The molecule has 244 valence electrons. The number of rotatable bonds is 8. The Kier molecular flexibility index (Phi) is 8.69. The summed E-state index contributed by atoms with van der Waals surface area (Å²) in [7, 11) is 3.53. The van der Waals surface area contributed by atoms with Gasteiger partial charge in [0.15, 0.2) is 11.5 Å². The zero-order valence-electron chi connectivity index (χ0n) is 26.6. The molecule has 47 heavy (non-hydrogen) atoms. The molecule has 4 aromatic rings. The fourth-order valence-corrected chi connectivity index (χ4v) is 6.00. The fourth-order valence-electron chi connectivity index (χ4n) is 6.00. The van der Waals surface area contributed by atoms with E-state index >= 15 is 0 Å². The number of aromatic nitrogens is 1. The van der Waals surface area contributed by atoms with Crippen LogP contribution in [0.5, 0.6) is 23.0 Å². The van der Waals surface area contributed by atoms with E-state index in [4.69, 9.17) is 14.2 Å². The van der Waals surface area contributed by atoms with E-state index in [9.17, 15) is 18.8 Å². The Hall–Kier alpha value is -5.23. The second-order valence-electron chi connectivity index (χ2n) is 12.1. The van der Waals surface area contributed by atoms with Crippen molar-refractivity contribution in [2.24, 2.45) is 5.41 Å². The summed E-state index contributed by atoms with van der Waals surface area (Å²) in [6.07, 6.45) is 1.98. The van der Waals surface area contributed by atoms with Crippen molar-refractivity contribution in [1.82, 2.24) is 14.8 Å². The predicted octanol–water partition coefficient (Wildman–Crippen LogP) is 6.06. The molecule has 1 aromatic heterocycles. The van der Waals surface area contributed by atoms with Gasteiger partial charge in [-0.25, -0.2) is 9.18 Å². The number of nitrogens with zero attached hydrogens (tertiary/aromatic N) is 3. The standard InChI is InChI=1S/C35H36FN5O6/c1-21-19-40(3)20-22(2)41(21)34(44)47-31-17-27-28(18-30(31)45-4)37-16-13-29(27)46-26-11-9-25(10-12-26)39-33(43)35(14-15-35)32(42)38-24-7-5-23(36)6-8-24/h5-13,16-18,21-22H,14-15,19-20H2,1-4H3,(H,38,42)(H,39,43)/t21-,22+. The van der Waals surface area contributed by atoms with Crippen molar-refractivity contribution in [3.63, 3.8) is 0 Å². The van der Waals surface area contributed by atoms with Gasteiger partial charge >= 0.3 is 6.09 Å². The third kappa shape index (κ3) is 6.68. The number of fused-ring (bicyclic) bond motifs is 1. The van der Waals surface area contributed by atoms with E-state index in [1.54, 1.807) is 53.6 Å². The molecule has 0 bridgehead atoms. The molecule has 2 heterocycles. The first-order valence-corrected chi connectivity index (χ1v) is 15.4. The maximum absolute atomic E-state index is 13.3. The Bertz CT molecular complexity index is 1800. The Morgan fingerprint density at radius 3 is 2.02 bits per heavy atom. The topological polar surface area (TPSA) is 122 Å². The van der Waals surface area contributed by atoms with Gasteiger partial charge in [0.1, 0.15) is 22.7 Å². The number of likely N-dealkylation sites (N-methyl/N-ethyl adjacent to an activating group) is 1. The maximum Gasteiger partial charge on any atom is 0.415 e. The normalized spacial score (nSPS) is 18.7. The average Bonchev–Trinajstić information content (AvgIpc) is 3.85. The molecule has 0 unspecified atom stereocenters. The van der Waals surface area contributed by atoms with E-state index < -0.39 is 29.1 Å². The molecule has 2 atom stereocenters. The van der Waals surface area contributed by atoms with E-state index in [0.29, 0.717) is 52.4 Å². The molecule has 12 heteroatoms. The van der Waals surface area contributed by atoms with Crippen LogP contribution in [0.25, 0.3) is 10.9 Å². The largest absolute Gasteiger partial charge is 0.493 e. The number of anilines is 2. The van der Waals surface area contributed by atoms with Crippen LogP contribution >= 0.6 is 0 Å². The molecule has 1 saturated heterocycles. The highest BCUT2D eigenvalue weighted by atomic mass is 19.1. The van der Waals surface area contributed by atoms with Gasteiger partial charge in [0.05, 0.1) is 12.6 Å². The zero-order valence-corrected chi connectivity index (χ0v) is 26.6. The molecule has 1 saturated carbocycles. The molecule has 3 aromatic carbocycles. The molecule has 3 amide bonds. The lowest BCUT2D eigenvalue weighted by atomic mass is 10.0. The van der Waals surface area contributed by atoms with E-state index in [-0.39, 0.29) is 17.8 Å². The summed E-state index contributed by atoms with van der Waals surface area (Å²) in [6.45, 7) is 5.47. The van der Waals surface area contributed by atoms with Gasteiger partial charge in [0, 0.05) is 54.2 Å². The summed E-state index contributed by atoms with van der Waals surface area (Å²) in [5.41, 5.74) is 0.318. The van der Waals surface area contributed by atoms with Crippen LogP contribution < -0.4 is 24.8 Å². The number of nitrogens with one attached hydrogen (secondary N) is 2. The first-order chi connectivity index (χ1) is 22.6. The molecule has 1 aliphatic heterocycles. The second kappa shape index (κ2) is 12.9. The zero-order chi connectivity index (χ0) is 33.3. The van der Waals surface area contributed by atoms with Crippen molar-refractivity contribution in [2.75, 3.05) is 37.9 Å². The number of hydrogen-bond donors (Lipinski definition) is 2. The van der Waals surface area contributed by atoms with Gasteiger partial charge in [-0.05, 0) is 94.4 Å². The highest BCUT2D eigenvalue weighted by molar-refractivity contribution is 6.16. The minimum atomic E-state index is -1.18. The minimum absolute atomic E-state index is 0.0237. The van der Waals surface area contributed by atoms with Crippen LogP contribution in [0.4, 0.5) is 20.6 Å². The predicted molar refractivity (Wildman–Crippen MR) is 174 cm³/mol. The highest BCUT2D eigenvalue weighted by Gasteiger charge is 2.56. The SMILES string of the molecule is COc1cc2nccc(Oc3ccc(NC(=O)C4(C(=O)Nc5ccc(F)cc5)CC4)cc3)c2cc1OC(=O)N1[C@H](C)CN(C)C[C@@H]1C. The van der Waals surface area contributed by atoms with Gasteiger partial charge < -0.3 is 29.7 Å². The first kappa shape index (κ1) is 31.7. The molecule has 6 rings (SSSR count). The number of pyridine rings is 1. The lowest BCUT2D eigenvalue weighted by Gasteiger charge is -2.42. The Labute approximate surface area is 271 Å². The molecule has 1 aliphatic carbocycles. The Morgan fingerprint density at radius 1 is 0.851 bits per heavy atom. The van der Waals surface area contributed by atoms with E-state index in [2.05, 4.69) is 20.5 Å². The van der Waals surface area contributed by atoms with Gasteiger partial charge in [-0.1, -0.05) is 0 Å². The van der Waals surface area contributed by atoms with Crippen LogP contribution in [0.3, 0.4) is 0 Å². The van der Waals surface area contributed by atoms with Crippen molar-refractivity contribution in [1.29, 1.82) is 0 Å². The summed E-state index contributed by atoms with van der Waals surface area (Å²) < 4.78 is 30.8. The number of benzene rings is 3. The highest BCUT2D eigenvalue weighted by Crippen LogP contribution is 2.47. The number of ether oxygens (including phenoxy) is 3. The summed E-state index contributed by atoms with van der Waals surface area (Å²) in [5, 5.41) is 6.13. The summed E-state index contributed by atoms with van der Waals surface area (Å²) in [5.74, 6) is 0.315. The van der Waals surface area contributed by atoms with Gasteiger partial charge in [-0.15, -0.1) is 0 Å². The lowest BCUT2D eigenvalue weighted by molar-refractivity contribution is -0.131. The molecule has 2 N–H and O–H groups in total. The van der Waals surface area contributed by atoms with Crippen LogP contribution in [0, 0.1) is 11.2 Å². The van der Waals surface area contributed by atoms with Crippen molar-refractivity contribution in [2.45, 2.75) is 38.8 Å². The molecular weight excluding hydrogens is 605 g/mol. The molecule has 0 radical (unpaired) electrons. The van der Waals surface area contributed by atoms with E-state index in [1.807, 2.05) is 20.9 Å². The molecule has 0 spiro atoms. The molecule has 2 aliphatic rings. The number of halogens is 1. The van der Waals surface area contributed by atoms with Crippen LogP contribution in [0.15, 0.2) is 72.9 Å². The number of methoxy groups -OCH3 is 1. The molecular formula is C35H36FN5O6. The number of carbonyl (C=O) groups is 3. The van der Waals surface area contributed by atoms with Crippen LogP contribution in [-0.4, -0.2) is 72.0 Å². The van der Waals surface area contributed by atoms with Crippen molar-refractivity contribution >= 4 is 40.2 Å². The monoisotopic (exact) mass is 641 g/mol.